The van der Waals surface area contributed by atoms with Gasteiger partial charge in [0.1, 0.15) is 5.02 Å². The van der Waals surface area contributed by atoms with Crippen molar-refractivity contribution in [1.29, 1.82) is 0 Å². The smallest absolute Gasteiger partial charge is 0.239 e. The summed E-state index contributed by atoms with van der Waals surface area (Å²) in [5.41, 5.74) is 3.50. The van der Waals surface area contributed by atoms with Crippen molar-refractivity contribution in [2.45, 2.75) is 6.42 Å². The first-order chi connectivity index (χ1) is 8.70. The molecule has 0 unspecified atom stereocenters. The van der Waals surface area contributed by atoms with Gasteiger partial charge in [-0.15, -0.1) is 0 Å². The number of nitrogen functional groups attached to an aromatic ring is 1. The Morgan fingerprint density at radius 1 is 1.50 bits per heavy atom. The van der Waals surface area contributed by atoms with E-state index in [1.807, 2.05) is 17.8 Å². The number of nitrogens with two attached hydrogens (primary N) is 1. The molecule has 0 aliphatic carbocycles. The van der Waals surface area contributed by atoms with Gasteiger partial charge in [0.25, 0.3) is 0 Å². The fourth-order valence-corrected chi connectivity index (χ4v) is 1.67. The highest BCUT2D eigenvalue weighted by molar-refractivity contribution is 6.32. The maximum absolute atomic E-state index is 5.97. The molecule has 0 bridgehead atoms. The molecule has 0 atom stereocenters. The summed E-state index contributed by atoms with van der Waals surface area (Å²) < 4.78 is 1.83. The predicted octanol–water partition coefficient (Wildman–Crippen LogP) is 0.804. The molecule has 0 aliphatic rings. The zero-order valence-electron chi connectivity index (χ0n) is 9.89. The Morgan fingerprint density at radius 3 is 3.00 bits per heavy atom. The minimum Gasteiger partial charge on any atom is -0.368 e. The molecule has 0 aromatic carbocycles. The number of hydrazine groups is 1. The summed E-state index contributed by atoms with van der Waals surface area (Å²) in [7, 11) is 1.91. The van der Waals surface area contributed by atoms with Crippen LogP contribution in [0.5, 0.6) is 0 Å². The Kier molecular flexibility index (Phi) is 3.96. The van der Waals surface area contributed by atoms with Crippen molar-refractivity contribution in [2.24, 2.45) is 12.9 Å². The summed E-state index contributed by atoms with van der Waals surface area (Å²) in [5.74, 6) is 6.12. The third-order valence-electron chi connectivity index (χ3n) is 2.47. The van der Waals surface area contributed by atoms with E-state index >= 15 is 0 Å². The number of nitrogens with one attached hydrogen (secondary N) is 2. The lowest BCUT2D eigenvalue weighted by Crippen LogP contribution is -2.13. The lowest BCUT2D eigenvalue weighted by atomic mass is 10.3. The molecule has 0 aliphatic heterocycles. The fourth-order valence-electron chi connectivity index (χ4n) is 1.52. The van der Waals surface area contributed by atoms with Crippen molar-refractivity contribution in [3.05, 3.63) is 29.2 Å². The topological polar surface area (TPSA) is 93.7 Å². The Balaban J connectivity index is 1.96. The number of halogens is 1. The van der Waals surface area contributed by atoms with E-state index in [-0.39, 0.29) is 0 Å². The molecule has 96 valence electrons. The van der Waals surface area contributed by atoms with Gasteiger partial charge < -0.3 is 5.32 Å². The second-order valence-electron chi connectivity index (χ2n) is 3.66. The maximum Gasteiger partial charge on any atom is 0.239 e. The largest absolute Gasteiger partial charge is 0.368 e. The zero-order valence-corrected chi connectivity index (χ0v) is 10.6. The minimum atomic E-state index is 0.322. The average molecular weight is 268 g/mol. The van der Waals surface area contributed by atoms with Crippen LogP contribution in [0, 0.1) is 0 Å². The molecule has 18 heavy (non-hydrogen) atoms. The van der Waals surface area contributed by atoms with E-state index < -0.39 is 0 Å². The van der Waals surface area contributed by atoms with Gasteiger partial charge in [-0.3, -0.25) is 10.1 Å². The van der Waals surface area contributed by atoms with E-state index in [4.69, 9.17) is 17.4 Å². The second kappa shape index (κ2) is 5.65. The summed E-state index contributed by atoms with van der Waals surface area (Å²) in [6, 6.07) is 1.97. The van der Waals surface area contributed by atoms with Crippen molar-refractivity contribution >= 4 is 23.4 Å². The lowest BCUT2D eigenvalue weighted by molar-refractivity contribution is 0.711. The first-order valence-electron chi connectivity index (χ1n) is 5.40. The van der Waals surface area contributed by atoms with Crippen LogP contribution >= 0.6 is 11.6 Å². The highest BCUT2D eigenvalue weighted by Crippen LogP contribution is 2.18. The van der Waals surface area contributed by atoms with Crippen LogP contribution < -0.4 is 16.6 Å². The Bertz CT molecular complexity index is 525. The van der Waals surface area contributed by atoms with Crippen LogP contribution in [-0.4, -0.2) is 26.3 Å². The van der Waals surface area contributed by atoms with E-state index in [1.165, 1.54) is 6.20 Å². The summed E-state index contributed by atoms with van der Waals surface area (Å²) in [6.45, 7) is 0.695. The van der Waals surface area contributed by atoms with E-state index in [0.717, 1.165) is 12.1 Å². The molecule has 4 N–H and O–H groups in total. The molecule has 2 aromatic rings. The van der Waals surface area contributed by atoms with Crippen LogP contribution in [0.15, 0.2) is 18.5 Å². The van der Waals surface area contributed by atoms with Crippen molar-refractivity contribution in [3.8, 4) is 0 Å². The molecular weight excluding hydrogens is 254 g/mol. The molecule has 0 fully saturated rings. The molecule has 0 saturated heterocycles. The number of hydrogen-bond donors (Lipinski definition) is 3. The number of aromatic nitrogens is 4. The van der Waals surface area contributed by atoms with Gasteiger partial charge in [0.2, 0.25) is 5.95 Å². The molecule has 7 nitrogen and oxygen atoms in total. The quantitative estimate of drug-likeness (QED) is 0.548. The fraction of sp³-hybridized carbons (Fsp3) is 0.300. The first-order valence-corrected chi connectivity index (χ1v) is 5.78. The SMILES string of the molecule is Cn1nccc1CCNc1nc(NN)ncc1Cl. The molecule has 2 aromatic heterocycles. The summed E-state index contributed by atoms with van der Waals surface area (Å²) in [6.07, 6.45) is 4.09. The first kappa shape index (κ1) is 12.6. The average Bonchev–Trinajstić information content (AvgIpc) is 2.77. The molecule has 0 saturated carbocycles. The van der Waals surface area contributed by atoms with Gasteiger partial charge in [0, 0.05) is 31.9 Å². The Labute approximate surface area is 109 Å². The van der Waals surface area contributed by atoms with E-state index in [2.05, 4.69) is 25.8 Å². The molecule has 0 amide bonds. The third kappa shape index (κ3) is 2.88. The van der Waals surface area contributed by atoms with Gasteiger partial charge in [-0.05, 0) is 6.07 Å². The Hall–Kier alpha value is -1.86. The minimum absolute atomic E-state index is 0.322. The van der Waals surface area contributed by atoms with Gasteiger partial charge in [-0.1, -0.05) is 11.6 Å². The molecule has 2 rings (SSSR count). The second-order valence-corrected chi connectivity index (χ2v) is 4.06. The monoisotopic (exact) mass is 267 g/mol. The Morgan fingerprint density at radius 2 is 2.33 bits per heavy atom. The third-order valence-corrected chi connectivity index (χ3v) is 2.75. The highest BCUT2D eigenvalue weighted by atomic mass is 35.5. The predicted molar refractivity (Wildman–Crippen MR) is 70.3 cm³/mol. The van der Waals surface area contributed by atoms with Gasteiger partial charge in [-0.2, -0.15) is 10.1 Å². The van der Waals surface area contributed by atoms with Gasteiger partial charge in [0.15, 0.2) is 5.82 Å². The van der Waals surface area contributed by atoms with Crippen molar-refractivity contribution in [2.75, 3.05) is 17.3 Å². The van der Waals surface area contributed by atoms with Gasteiger partial charge in [-0.25, -0.2) is 10.8 Å². The van der Waals surface area contributed by atoms with Crippen LogP contribution in [0.25, 0.3) is 0 Å². The number of rotatable bonds is 5. The summed E-state index contributed by atoms with van der Waals surface area (Å²) in [5, 5.41) is 7.69. The summed E-state index contributed by atoms with van der Waals surface area (Å²) >= 11 is 5.97. The zero-order chi connectivity index (χ0) is 13.0. The lowest BCUT2D eigenvalue weighted by Gasteiger charge is -2.08. The van der Waals surface area contributed by atoms with Crippen LogP contribution in [-0.2, 0) is 13.5 Å². The maximum atomic E-state index is 5.97. The van der Waals surface area contributed by atoms with Crippen LogP contribution in [0.4, 0.5) is 11.8 Å². The number of hydrogen-bond acceptors (Lipinski definition) is 6. The number of aryl methyl sites for hydroxylation is 1. The molecule has 2 heterocycles. The van der Waals surface area contributed by atoms with Crippen LogP contribution in [0.1, 0.15) is 5.69 Å². The van der Waals surface area contributed by atoms with Gasteiger partial charge >= 0.3 is 0 Å². The summed E-state index contributed by atoms with van der Waals surface area (Å²) in [4.78, 5) is 8.02. The van der Waals surface area contributed by atoms with E-state index in [9.17, 15) is 0 Å². The molecule has 0 radical (unpaired) electrons. The number of anilines is 2. The normalized spacial score (nSPS) is 10.4. The van der Waals surface area contributed by atoms with Crippen molar-refractivity contribution in [1.82, 2.24) is 19.7 Å². The number of nitrogens with zero attached hydrogens (tertiary/aromatic N) is 4. The van der Waals surface area contributed by atoms with E-state index in [1.54, 1.807) is 6.20 Å². The van der Waals surface area contributed by atoms with Crippen LogP contribution in [0.2, 0.25) is 5.02 Å². The molecule has 0 spiro atoms. The standard InChI is InChI=1S/C10H14ClN7/c1-18-7(3-5-15-18)2-4-13-9-8(11)6-14-10(16-9)17-12/h3,5-6H,2,4,12H2,1H3,(H2,13,14,16,17). The van der Waals surface area contributed by atoms with Crippen molar-refractivity contribution in [3.63, 3.8) is 0 Å². The van der Waals surface area contributed by atoms with Gasteiger partial charge in [0.05, 0.1) is 6.20 Å². The molecular formula is C10H14ClN7. The van der Waals surface area contributed by atoms with E-state index in [0.29, 0.717) is 23.3 Å². The highest BCUT2D eigenvalue weighted by Gasteiger charge is 2.05. The van der Waals surface area contributed by atoms with Crippen LogP contribution in [0.3, 0.4) is 0 Å². The van der Waals surface area contributed by atoms with Crippen molar-refractivity contribution < 1.29 is 0 Å². The molecule has 8 heteroatoms.